The van der Waals surface area contributed by atoms with E-state index in [9.17, 15) is 18.4 Å². The molecule has 0 aliphatic carbocycles. The van der Waals surface area contributed by atoms with Crippen molar-refractivity contribution < 1.29 is 33.0 Å². The molecule has 0 fully saturated rings. The van der Waals surface area contributed by atoms with Crippen LogP contribution in [0.2, 0.25) is 0 Å². The van der Waals surface area contributed by atoms with Gasteiger partial charge in [-0.25, -0.2) is 0 Å². The van der Waals surface area contributed by atoms with Gasteiger partial charge in [-0.15, -0.1) is 0 Å². The van der Waals surface area contributed by atoms with Gasteiger partial charge in [0.05, 0.1) is 12.7 Å². The molecule has 1 N–H and O–H groups in total. The zero-order valence-corrected chi connectivity index (χ0v) is 12.2. The first kappa shape index (κ1) is 17.7. The molecule has 22 heavy (non-hydrogen) atoms. The molecule has 1 aromatic carbocycles. The van der Waals surface area contributed by atoms with Crippen molar-refractivity contribution in [3.8, 4) is 11.5 Å². The van der Waals surface area contributed by atoms with E-state index in [0.29, 0.717) is 6.42 Å². The minimum atomic E-state index is -3.11. The van der Waals surface area contributed by atoms with Crippen LogP contribution in [0.15, 0.2) is 18.2 Å². The molecule has 0 atom stereocenters. The lowest BCUT2D eigenvalue weighted by Gasteiger charge is -2.21. The van der Waals surface area contributed by atoms with Crippen molar-refractivity contribution in [3.05, 3.63) is 23.8 Å². The lowest BCUT2D eigenvalue weighted by Crippen LogP contribution is -2.36. The minimum Gasteiger partial charge on any atom is -0.497 e. The van der Waals surface area contributed by atoms with Gasteiger partial charge in [-0.3, -0.25) is 9.59 Å². The normalized spacial score (nSPS) is 10.4. The Morgan fingerprint density at radius 2 is 2.05 bits per heavy atom. The van der Waals surface area contributed by atoms with Crippen LogP contribution in [-0.2, 0) is 4.79 Å². The number of carboxylic acids is 1. The first-order valence-electron chi connectivity index (χ1n) is 6.53. The van der Waals surface area contributed by atoms with Crippen LogP contribution in [-0.4, -0.2) is 48.7 Å². The number of halogens is 2. The molecule has 0 unspecified atom stereocenters. The number of carboxylic acid groups (broad SMARTS) is 1. The summed E-state index contributed by atoms with van der Waals surface area (Å²) < 4.78 is 34.2. The first-order valence-corrected chi connectivity index (χ1v) is 6.53. The average Bonchev–Trinajstić information content (AvgIpc) is 2.45. The molecule has 0 aliphatic heterocycles. The summed E-state index contributed by atoms with van der Waals surface area (Å²) in [5.41, 5.74) is -0.143. The van der Waals surface area contributed by atoms with E-state index in [1.165, 1.54) is 19.2 Å². The molecule has 0 heterocycles. The van der Waals surface area contributed by atoms with Crippen LogP contribution in [0.4, 0.5) is 8.78 Å². The predicted octanol–water partition coefficient (Wildman–Crippen LogP) is 2.23. The summed E-state index contributed by atoms with van der Waals surface area (Å²) in [6.45, 7) is -1.68. The van der Waals surface area contributed by atoms with Crippen molar-refractivity contribution in [3.63, 3.8) is 0 Å². The van der Waals surface area contributed by atoms with Gasteiger partial charge in [-0.1, -0.05) is 6.92 Å². The number of nitrogens with zero attached hydrogens (tertiary/aromatic N) is 1. The van der Waals surface area contributed by atoms with Crippen molar-refractivity contribution >= 4 is 11.9 Å². The Kier molecular flexibility index (Phi) is 6.55. The molecule has 0 aliphatic rings. The zero-order chi connectivity index (χ0) is 16.7. The summed E-state index contributed by atoms with van der Waals surface area (Å²) in [4.78, 5) is 24.2. The molecule has 0 spiro atoms. The third-order valence-electron chi connectivity index (χ3n) is 2.74. The van der Waals surface area contributed by atoms with Crippen molar-refractivity contribution in [1.82, 2.24) is 4.90 Å². The van der Waals surface area contributed by atoms with E-state index in [4.69, 9.17) is 9.84 Å². The number of aliphatic carboxylic acids is 1. The van der Waals surface area contributed by atoms with Gasteiger partial charge in [-0.2, -0.15) is 8.78 Å². The Morgan fingerprint density at radius 3 is 2.55 bits per heavy atom. The Bertz CT molecular complexity index is 536. The highest BCUT2D eigenvalue weighted by molar-refractivity contribution is 5.98. The van der Waals surface area contributed by atoms with Gasteiger partial charge in [0.1, 0.15) is 18.0 Å². The van der Waals surface area contributed by atoms with Gasteiger partial charge in [0.25, 0.3) is 5.91 Å². The molecule has 0 saturated heterocycles. The van der Waals surface area contributed by atoms with E-state index >= 15 is 0 Å². The second kappa shape index (κ2) is 8.16. The quantitative estimate of drug-likeness (QED) is 0.796. The Balaban J connectivity index is 3.15. The minimum absolute atomic E-state index is 0.143. The maximum absolute atomic E-state index is 12.5. The molecule has 122 valence electrons. The summed E-state index contributed by atoms with van der Waals surface area (Å²) in [5, 5.41) is 8.84. The summed E-state index contributed by atoms with van der Waals surface area (Å²) in [6.07, 6.45) is 0.528. The van der Waals surface area contributed by atoms with Gasteiger partial charge >= 0.3 is 12.6 Å². The monoisotopic (exact) mass is 317 g/mol. The van der Waals surface area contributed by atoms with Crippen molar-refractivity contribution in [1.29, 1.82) is 0 Å². The van der Waals surface area contributed by atoms with Gasteiger partial charge in [-0.05, 0) is 18.6 Å². The molecule has 8 heteroatoms. The third kappa shape index (κ3) is 4.87. The van der Waals surface area contributed by atoms with Gasteiger partial charge in [0.2, 0.25) is 0 Å². The van der Waals surface area contributed by atoms with E-state index < -0.39 is 25.0 Å². The maximum atomic E-state index is 12.5. The van der Waals surface area contributed by atoms with E-state index in [0.717, 1.165) is 11.0 Å². The second-order valence-corrected chi connectivity index (χ2v) is 4.36. The Morgan fingerprint density at radius 1 is 1.36 bits per heavy atom. The molecule has 1 aromatic rings. The summed E-state index contributed by atoms with van der Waals surface area (Å²) in [7, 11) is 1.34. The fourth-order valence-electron chi connectivity index (χ4n) is 1.86. The SMILES string of the molecule is CCCN(CC(=O)O)C(=O)c1ccc(OC)cc1OC(F)F. The largest absolute Gasteiger partial charge is 0.497 e. The highest BCUT2D eigenvalue weighted by Crippen LogP contribution is 2.27. The molecular formula is C14H17F2NO5. The average molecular weight is 317 g/mol. The van der Waals surface area contributed by atoms with Crippen LogP contribution in [0.1, 0.15) is 23.7 Å². The smallest absolute Gasteiger partial charge is 0.387 e. The zero-order valence-electron chi connectivity index (χ0n) is 12.2. The van der Waals surface area contributed by atoms with E-state index in [2.05, 4.69) is 4.74 Å². The molecular weight excluding hydrogens is 300 g/mol. The standard InChI is InChI=1S/C14H17F2NO5/c1-3-6-17(8-12(18)19)13(20)10-5-4-9(21-2)7-11(10)22-14(15)16/h4-5,7,14H,3,6,8H2,1-2H3,(H,18,19). The summed E-state index contributed by atoms with van der Waals surface area (Å²) in [6, 6.07) is 3.84. The fraction of sp³-hybridized carbons (Fsp3) is 0.429. The number of rotatable bonds is 8. The molecule has 0 bridgehead atoms. The van der Waals surface area contributed by atoms with Crippen molar-refractivity contribution in [2.24, 2.45) is 0 Å². The number of amides is 1. The molecule has 1 amide bonds. The summed E-state index contributed by atoms with van der Waals surface area (Å²) >= 11 is 0. The van der Waals surface area contributed by atoms with Gasteiger partial charge in [0.15, 0.2) is 0 Å². The third-order valence-corrected chi connectivity index (χ3v) is 2.74. The van der Waals surface area contributed by atoms with Crippen LogP contribution in [0.5, 0.6) is 11.5 Å². The first-order chi connectivity index (χ1) is 10.4. The molecule has 0 radical (unpaired) electrons. The maximum Gasteiger partial charge on any atom is 0.387 e. The number of carbonyl (C=O) groups excluding carboxylic acids is 1. The Labute approximate surface area is 126 Å². The number of methoxy groups -OCH3 is 1. The van der Waals surface area contributed by atoms with Gasteiger partial charge < -0.3 is 19.5 Å². The number of hydrogen-bond donors (Lipinski definition) is 1. The van der Waals surface area contributed by atoms with E-state index in [1.54, 1.807) is 6.92 Å². The molecule has 6 nitrogen and oxygen atoms in total. The van der Waals surface area contributed by atoms with Gasteiger partial charge in [0, 0.05) is 12.6 Å². The number of benzene rings is 1. The number of carbonyl (C=O) groups is 2. The summed E-state index contributed by atoms with van der Waals surface area (Å²) in [5.74, 6) is -1.99. The Hall–Kier alpha value is -2.38. The van der Waals surface area contributed by atoms with Crippen molar-refractivity contribution in [2.75, 3.05) is 20.2 Å². The number of alkyl halides is 2. The van der Waals surface area contributed by atoms with Crippen LogP contribution < -0.4 is 9.47 Å². The van der Waals surface area contributed by atoms with Crippen LogP contribution in [0.25, 0.3) is 0 Å². The fourth-order valence-corrected chi connectivity index (χ4v) is 1.86. The van der Waals surface area contributed by atoms with Crippen LogP contribution >= 0.6 is 0 Å². The molecule has 0 aromatic heterocycles. The molecule has 0 saturated carbocycles. The predicted molar refractivity (Wildman–Crippen MR) is 73.5 cm³/mol. The number of hydrogen-bond acceptors (Lipinski definition) is 4. The topological polar surface area (TPSA) is 76.1 Å². The van der Waals surface area contributed by atoms with Crippen molar-refractivity contribution in [2.45, 2.75) is 20.0 Å². The number of ether oxygens (including phenoxy) is 2. The van der Waals surface area contributed by atoms with Crippen LogP contribution in [0, 0.1) is 0 Å². The lowest BCUT2D eigenvalue weighted by atomic mass is 10.1. The highest BCUT2D eigenvalue weighted by Gasteiger charge is 2.23. The van der Waals surface area contributed by atoms with E-state index in [-0.39, 0.29) is 23.6 Å². The lowest BCUT2D eigenvalue weighted by molar-refractivity contribution is -0.137. The van der Waals surface area contributed by atoms with E-state index in [1.807, 2.05) is 0 Å². The molecule has 1 rings (SSSR count). The van der Waals surface area contributed by atoms with Crippen LogP contribution in [0.3, 0.4) is 0 Å². The highest BCUT2D eigenvalue weighted by atomic mass is 19.3. The second-order valence-electron chi connectivity index (χ2n) is 4.36.